The van der Waals surface area contributed by atoms with Gasteiger partial charge in [-0.2, -0.15) is 15.1 Å². The molecule has 3 N–H and O–H groups in total. The molecule has 0 bridgehead atoms. The summed E-state index contributed by atoms with van der Waals surface area (Å²) in [7, 11) is -2.12. The number of hydrazone groups is 1. The van der Waals surface area contributed by atoms with Crippen LogP contribution >= 0.6 is 0 Å². The van der Waals surface area contributed by atoms with Crippen molar-refractivity contribution in [1.29, 1.82) is 0 Å². The molecule has 174 valence electrons. The van der Waals surface area contributed by atoms with E-state index in [4.69, 9.17) is 0 Å². The molecule has 10 nitrogen and oxygen atoms in total. The van der Waals surface area contributed by atoms with Crippen LogP contribution < -0.4 is 15.5 Å². The number of para-hydroxylation sites is 1. The number of nitrogens with one attached hydrogen (secondary N) is 3. The van der Waals surface area contributed by atoms with Gasteiger partial charge in [-0.25, -0.2) is 18.1 Å². The van der Waals surface area contributed by atoms with E-state index in [9.17, 15) is 8.42 Å². The number of hydrogen-bond donors (Lipinski definition) is 3. The van der Waals surface area contributed by atoms with Gasteiger partial charge in [0.05, 0.1) is 10.6 Å². The molecular weight excluding hydrogens is 452 g/mol. The van der Waals surface area contributed by atoms with Crippen molar-refractivity contribution in [1.82, 2.24) is 24.2 Å². The maximum absolute atomic E-state index is 11.9. The van der Waals surface area contributed by atoms with Gasteiger partial charge in [0.2, 0.25) is 16.0 Å². The predicted molar refractivity (Wildman–Crippen MR) is 132 cm³/mol. The lowest BCUT2D eigenvalue weighted by atomic mass is 10.1. The zero-order valence-corrected chi connectivity index (χ0v) is 19.7. The number of rotatable bonds is 8. The zero-order chi connectivity index (χ0) is 24.1. The molecule has 0 aliphatic heterocycles. The third kappa shape index (κ3) is 5.27. The largest absolute Gasteiger partial charge is 0.324 e. The molecule has 2 aromatic heterocycles. The molecule has 0 saturated carbocycles. The highest BCUT2D eigenvalue weighted by Gasteiger charge is 2.11. The van der Waals surface area contributed by atoms with Crippen LogP contribution in [0.1, 0.15) is 18.1 Å². The van der Waals surface area contributed by atoms with Gasteiger partial charge in [-0.05, 0) is 50.2 Å². The molecular formula is C23H24N8O2S. The first-order valence-electron chi connectivity index (χ1n) is 10.4. The first-order chi connectivity index (χ1) is 16.4. The van der Waals surface area contributed by atoms with Gasteiger partial charge in [0, 0.05) is 24.1 Å². The fourth-order valence-electron chi connectivity index (χ4n) is 3.11. The quantitative estimate of drug-likeness (QED) is 0.263. The number of imidazole rings is 1. The fraction of sp³-hybridized carbons (Fsp3) is 0.130. The van der Waals surface area contributed by atoms with E-state index >= 15 is 0 Å². The van der Waals surface area contributed by atoms with Gasteiger partial charge in [0.1, 0.15) is 12.1 Å². The Morgan fingerprint density at radius 2 is 1.82 bits per heavy atom. The molecule has 0 radical (unpaired) electrons. The van der Waals surface area contributed by atoms with Crippen molar-refractivity contribution in [3.8, 4) is 5.82 Å². The minimum Gasteiger partial charge on any atom is -0.324 e. The Hall–Kier alpha value is -4.09. The summed E-state index contributed by atoms with van der Waals surface area (Å²) < 4.78 is 27.9. The maximum atomic E-state index is 11.9. The van der Waals surface area contributed by atoms with Gasteiger partial charge in [-0.3, -0.25) is 9.99 Å². The summed E-state index contributed by atoms with van der Waals surface area (Å²) >= 11 is 0. The number of benzene rings is 2. The molecule has 2 heterocycles. The Morgan fingerprint density at radius 3 is 2.50 bits per heavy atom. The van der Waals surface area contributed by atoms with Crippen LogP contribution in [0.4, 0.5) is 17.5 Å². The van der Waals surface area contributed by atoms with Crippen molar-refractivity contribution in [2.45, 2.75) is 18.7 Å². The number of aryl methyl sites for hydroxylation is 1. The molecule has 0 amide bonds. The van der Waals surface area contributed by atoms with E-state index in [1.54, 1.807) is 41.5 Å². The van der Waals surface area contributed by atoms with Gasteiger partial charge in [0.25, 0.3) is 0 Å². The normalized spacial score (nSPS) is 11.9. The fourth-order valence-corrected chi connectivity index (χ4v) is 3.84. The third-order valence-electron chi connectivity index (χ3n) is 5.06. The van der Waals surface area contributed by atoms with Gasteiger partial charge >= 0.3 is 0 Å². The summed E-state index contributed by atoms with van der Waals surface area (Å²) in [6.07, 6.45) is 5.11. The second kappa shape index (κ2) is 9.81. The minimum atomic E-state index is -3.49. The second-order valence-corrected chi connectivity index (χ2v) is 9.27. The number of nitrogens with zero attached hydrogens (tertiary/aromatic N) is 5. The molecule has 0 spiro atoms. The predicted octanol–water partition coefficient (Wildman–Crippen LogP) is 3.46. The lowest BCUT2D eigenvalue weighted by Crippen LogP contribution is -2.18. The SMILES string of the molecule is CNS(=O)(=O)c1ccc(C(C)=NNc2cc(-n3ccnc3)nc(Nc3ccccc3C)n2)cc1. The Balaban J connectivity index is 1.61. The van der Waals surface area contributed by atoms with Crippen molar-refractivity contribution < 1.29 is 8.42 Å². The standard InChI is InChI=1S/C23H24N8O2S/c1-16-6-4-5-7-20(16)26-23-27-21(14-22(28-23)31-13-12-25-15-31)30-29-17(2)18-8-10-19(11-9-18)34(32,33)24-3/h4-15,24H,1-3H3,(H2,26,27,28,30). The molecule has 4 rings (SSSR count). The van der Waals surface area contributed by atoms with Crippen LogP contribution in [0, 0.1) is 6.92 Å². The van der Waals surface area contributed by atoms with Crippen molar-refractivity contribution in [3.63, 3.8) is 0 Å². The molecule has 0 aliphatic rings. The van der Waals surface area contributed by atoms with E-state index in [2.05, 4.69) is 35.5 Å². The topological polar surface area (TPSA) is 126 Å². The average molecular weight is 477 g/mol. The van der Waals surface area contributed by atoms with Crippen LogP contribution in [0.15, 0.2) is 83.3 Å². The van der Waals surface area contributed by atoms with E-state index in [0.717, 1.165) is 16.8 Å². The first kappa shape index (κ1) is 23.1. The summed E-state index contributed by atoms with van der Waals surface area (Å²) in [5.41, 5.74) is 6.36. The smallest absolute Gasteiger partial charge is 0.240 e. The van der Waals surface area contributed by atoms with Gasteiger partial charge in [-0.1, -0.05) is 30.3 Å². The number of hydrogen-bond acceptors (Lipinski definition) is 8. The van der Waals surface area contributed by atoms with E-state index in [1.165, 1.54) is 19.2 Å². The molecule has 11 heteroatoms. The highest BCUT2D eigenvalue weighted by atomic mass is 32.2. The van der Waals surface area contributed by atoms with E-state index in [1.807, 2.05) is 38.1 Å². The average Bonchev–Trinajstić information content (AvgIpc) is 3.39. The minimum absolute atomic E-state index is 0.187. The monoisotopic (exact) mass is 476 g/mol. The summed E-state index contributed by atoms with van der Waals surface area (Å²) in [5, 5.41) is 7.68. The summed E-state index contributed by atoms with van der Waals surface area (Å²) in [6.45, 7) is 3.82. The first-order valence-corrected chi connectivity index (χ1v) is 11.9. The summed E-state index contributed by atoms with van der Waals surface area (Å²) in [4.78, 5) is 13.4. The van der Waals surface area contributed by atoms with Crippen molar-refractivity contribution in [2.75, 3.05) is 17.8 Å². The third-order valence-corrected chi connectivity index (χ3v) is 6.49. The lowest BCUT2D eigenvalue weighted by Gasteiger charge is -2.12. The molecule has 2 aromatic carbocycles. The van der Waals surface area contributed by atoms with Crippen LogP contribution in [-0.4, -0.2) is 40.7 Å². The number of sulfonamides is 1. The number of aromatic nitrogens is 4. The van der Waals surface area contributed by atoms with Crippen LogP contribution in [0.5, 0.6) is 0 Å². The number of anilines is 3. The van der Waals surface area contributed by atoms with Crippen molar-refractivity contribution in [3.05, 3.63) is 84.4 Å². The summed E-state index contributed by atoms with van der Waals surface area (Å²) in [5.74, 6) is 1.49. The van der Waals surface area contributed by atoms with Crippen LogP contribution in [0.3, 0.4) is 0 Å². The lowest BCUT2D eigenvalue weighted by molar-refractivity contribution is 0.588. The van der Waals surface area contributed by atoms with Gasteiger partial charge < -0.3 is 5.32 Å². The van der Waals surface area contributed by atoms with E-state index < -0.39 is 10.0 Å². The zero-order valence-electron chi connectivity index (χ0n) is 18.9. The Morgan fingerprint density at radius 1 is 1.06 bits per heavy atom. The van der Waals surface area contributed by atoms with Gasteiger partial charge in [-0.15, -0.1) is 0 Å². The molecule has 0 saturated heterocycles. The highest BCUT2D eigenvalue weighted by Crippen LogP contribution is 2.21. The Labute approximate surface area is 197 Å². The molecule has 4 aromatic rings. The van der Waals surface area contributed by atoms with E-state index in [0.29, 0.717) is 23.3 Å². The second-order valence-electron chi connectivity index (χ2n) is 7.39. The van der Waals surface area contributed by atoms with Crippen LogP contribution in [0.25, 0.3) is 5.82 Å². The van der Waals surface area contributed by atoms with E-state index in [-0.39, 0.29) is 4.90 Å². The molecule has 34 heavy (non-hydrogen) atoms. The van der Waals surface area contributed by atoms with Gasteiger partial charge in [0.15, 0.2) is 5.82 Å². The molecule has 0 aliphatic carbocycles. The summed E-state index contributed by atoms with van der Waals surface area (Å²) in [6, 6.07) is 16.1. The van der Waals surface area contributed by atoms with Crippen LogP contribution in [0.2, 0.25) is 0 Å². The Kier molecular flexibility index (Phi) is 6.66. The van der Waals surface area contributed by atoms with Crippen molar-refractivity contribution in [2.24, 2.45) is 5.10 Å². The molecule has 0 atom stereocenters. The van der Waals surface area contributed by atoms with Crippen LogP contribution in [-0.2, 0) is 10.0 Å². The molecule has 0 unspecified atom stereocenters. The highest BCUT2D eigenvalue weighted by molar-refractivity contribution is 7.89. The Bertz CT molecular complexity index is 1420. The maximum Gasteiger partial charge on any atom is 0.240 e. The van der Waals surface area contributed by atoms with Crippen molar-refractivity contribution >= 4 is 33.2 Å². The molecule has 0 fully saturated rings.